The largest absolute Gasteiger partial charge is 0.278 e. The van der Waals surface area contributed by atoms with E-state index >= 15 is 0 Å². The van der Waals surface area contributed by atoms with Crippen LogP contribution in [0.1, 0.15) is 25.0 Å². The van der Waals surface area contributed by atoms with Crippen molar-refractivity contribution >= 4 is 32.6 Å². The van der Waals surface area contributed by atoms with Gasteiger partial charge in [0.1, 0.15) is 0 Å². The molecule has 0 aliphatic heterocycles. The Balaban J connectivity index is 1.37. The Bertz CT molecular complexity index is 2820. The van der Waals surface area contributed by atoms with Gasteiger partial charge in [-0.15, -0.1) is 0 Å². The van der Waals surface area contributed by atoms with Crippen LogP contribution in [0.5, 0.6) is 0 Å². The molecular formula is C46H30N4. The zero-order valence-corrected chi connectivity index (χ0v) is 27.6. The predicted molar refractivity (Wildman–Crippen MR) is 205 cm³/mol. The summed E-state index contributed by atoms with van der Waals surface area (Å²) < 4.78 is 2.30. The summed E-state index contributed by atoms with van der Waals surface area (Å²) in [5.74, 6) is 1.91. The average Bonchev–Trinajstić information content (AvgIpc) is 3.57. The molecule has 0 bridgehead atoms. The number of hydrogen-bond donors (Lipinski definition) is 0. The van der Waals surface area contributed by atoms with Crippen LogP contribution in [0.25, 0.3) is 94.7 Å². The molecule has 2 aliphatic rings. The zero-order valence-electron chi connectivity index (χ0n) is 27.6. The lowest BCUT2D eigenvalue weighted by atomic mass is 9.81. The standard InChI is InChI=1S/C46H30N4/c1-46(2)34-23-12-11-21-33(34)39-35(46)26-37-42-40(39)32-20-10-9-19-30(32)31-22-13-18-27-24-25-36(41(42)38(27)31)50(37)45-48-43(28-14-5-3-6-15-28)47-44(49-45)29-16-7-4-8-17-29/h3-26H,1-2H3. The summed E-state index contributed by atoms with van der Waals surface area (Å²) in [4.78, 5) is 15.6. The molecule has 0 fully saturated rings. The molecule has 0 unspecified atom stereocenters. The number of fused-ring (bicyclic) bond motifs is 7. The van der Waals surface area contributed by atoms with Gasteiger partial charge in [-0.25, -0.2) is 4.98 Å². The third-order valence-electron chi connectivity index (χ3n) is 11.0. The highest BCUT2D eigenvalue weighted by Crippen LogP contribution is 2.58. The van der Waals surface area contributed by atoms with Crippen LogP contribution in [0, 0.1) is 0 Å². The van der Waals surface area contributed by atoms with Crippen LogP contribution in [-0.2, 0) is 5.41 Å². The summed E-state index contributed by atoms with van der Waals surface area (Å²) in [6.07, 6.45) is 0. The van der Waals surface area contributed by atoms with E-state index < -0.39 is 0 Å². The van der Waals surface area contributed by atoms with Gasteiger partial charge in [0, 0.05) is 32.9 Å². The van der Waals surface area contributed by atoms with E-state index in [2.05, 4.69) is 128 Å². The van der Waals surface area contributed by atoms with Crippen molar-refractivity contribution < 1.29 is 0 Å². The van der Waals surface area contributed by atoms with Crippen molar-refractivity contribution in [1.29, 1.82) is 0 Å². The van der Waals surface area contributed by atoms with E-state index in [0.29, 0.717) is 17.6 Å². The Morgan fingerprint density at radius 2 is 1.06 bits per heavy atom. The van der Waals surface area contributed by atoms with Crippen molar-refractivity contribution in [3.63, 3.8) is 0 Å². The lowest BCUT2D eigenvalue weighted by Crippen LogP contribution is -2.15. The normalized spacial score (nSPS) is 13.6. The molecule has 4 heteroatoms. The van der Waals surface area contributed by atoms with Crippen LogP contribution >= 0.6 is 0 Å². The van der Waals surface area contributed by atoms with Crippen LogP contribution < -0.4 is 0 Å². The molecule has 2 heterocycles. The molecule has 0 amide bonds. The van der Waals surface area contributed by atoms with Crippen molar-refractivity contribution in [2.75, 3.05) is 0 Å². The maximum absolute atomic E-state index is 5.28. The second kappa shape index (κ2) is 9.83. The van der Waals surface area contributed by atoms with Crippen molar-refractivity contribution in [1.82, 2.24) is 19.5 Å². The molecule has 0 saturated heterocycles. The molecule has 50 heavy (non-hydrogen) atoms. The van der Waals surface area contributed by atoms with E-state index in [0.717, 1.165) is 22.2 Å². The molecule has 7 aromatic carbocycles. The summed E-state index contributed by atoms with van der Waals surface area (Å²) in [7, 11) is 0. The molecule has 9 aromatic rings. The smallest absolute Gasteiger partial charge is 0.238 e. The van der Waals surface area contributed by atoms with Gasteiger partial charge in [-0.1, -0.05) is 147 Å². The van der Waals surface area contributed by atoms with Crippen LogP contribution in [0.4, 0.5) is 0 Å². The minimum absolute atomic E-state index is 0.204. The number of nitrogens with zero attached hydrogens (tertiary/aromatic N) is 4. The third kappa shape index (κ3) is 3.57. The first-order valence-electron chi connectivity index (χ1n) is 17.2. The monoisotopic (exact) mass is 638 g/mol. The fourth-order valence-electron chi connectivity index (χ4n) is 8.74. The second-order valence-corrected chi connectivity index (χ2v) is 14.0. The summed E-state index contributed by atoms with van der Waals surface area (Å²) >= 11 is 0. The lowest BCUT2D eigenvalue weighted by molar-refractivity contribution is 0.661. The predicted octanol–water partition coefficient (Wildman–Crippen LogP) is 11.4. The van der Waals surface area contributed by atoms with Crippen molar-refractivity contribution in [3.8, 4) is 62.1 Å². The number of aromatic nitrogens is 4. The number of hydrogen-bond acceptors (Lipinski definition) is 3. The van der Waals surface area contributed by atoms with Crippen LogP contribution in [0.2, 0.25) is 0 Å². The van der Waals surface area contributed by atoms with Gasteiger partial charge in [0.25, 0.3) is 0 Å². The van der Waals surface area contributed by atoms with Gasteiger partial charge in [-0.2, -0.15) is 9.97 Å². The number of benzene rings is 7. The van der Waals surface area contributed by atoms with Crippen molar-refractivity contribution in [3.05, 3.63) is 157 Å². The van der Waals surface area contributed by atoms with E-state index in [1.54, 1.807) is 0 Å². The molecule has 0 N–H and O–H groups in total. The maximum Gasteiger partial charge on any atom is 0.238 e. The minimum atomic E-state index is -0.204. The first-order chi connectivity index (χ1) is 24.6. The topological polar surface area (TPSA) is 43.6 Å². The Morgan fingerprint density at radius 3 is 1.78 bits per heavy atom. The molecule has 2 aromatic heterocycles. The van der Waals surface area contributed by atoms with Crippen molar-refractivity contribution in [2.45, 2.75) is 19.3 Å². The van der Waals surface area contributed by atoms with E-state index in [1.807, 2.05) is 36.4 Å². The first kappa shape index (κ1) is 27.5. The van der Waals surface area contributed by atoms with Gasteiger partial charge in [-0.3, -0.25) is 4.57 Å². The van der Waals surface area contributed by atoms with Gasteiger partial charge < -0.3 is 0 Å². The molecule has 0 spiro atoms. The summed E-state index contributed by atoms with van der Waals surface area (Å²) in [5.41, 5.74) is 14.3. The number of rotatable bonds is 3. The fraction of sp³-hybridized carbons (Fsp3) is 0.0652. The van der Waals surface area contributed by atoms with Crippen LogP contribution in [-0.4, -0.2) is 19.5 Å². The molecule has 4 nitrogen and oxygen atoms in total. The SMILES string of the molecule is CC1(C)c2ccccc2-c2c1cc1c3c2-c2ccccc2-c2cccc4ccc(c3c24)n1-c1nc(-c2ccccc2)nc(-c2ccccc2)n1. The second-order valence-electron chi connectivity index (χ2n) is 14.0. The Kier molecular flexibility index (Phi) is 5.42. The quantitative estimate of drug-likeness (QED) is 0.193. The molecule has 0 saturated carbocycles. The van der Waals surface area contributed by atoms with Crippen molar-refractivity contribution in [2.24, 2.45) is 0 Å². The van der Waals surface area contributed by atoms with Gasteiger partial charge >= 0.3 is 0 Å². The van der Waals surface area contributed by atoms with Gasteiger partial charge in [0.2, 0.25) is 5.95 Å². The van der Waals surface area contributed by atoms with Gasteiger partial charge in [0.05, 0.1) is 11.0 Å². The zero-order chi connectivity index (χ0) is 33.1. The van der Waals surface area contributed by atoms with E-state index in [9.17, 15) is 0 Å². The lowest BCUT2D eigenvalue weighted by Gasteiger charge is -2.23. The highest BCUT2D eigenvalue weighted by Gasteiger charge is 2.40. The molecule has 2 aliphatic carbocycles. The maximum atomic E-state index is 5.28. The Morgan fingerprint density at radius 1 is 0.440 bits per heavy atom. The van der Waals surface area contributed by atoms with Gasteiger partial charge in [-0.05, 0) is 61.8 Å². The average molecular weight is 639 g/mol. The van der Waals surface area contributed by atoms with Crippen LogP contribution in [0.15, 0.2) is 146 Å². The van der Waals surface area contributed by atoms with E-state index in [4.69, 9.17) is 15.0 Å². The summed E-state index contributed by atoms with van der Waals surface area (Å²) in [6.45, 7) is 4.73. The molecule has 234 valence electrons. The Hall–Kier alpha value is -6.39. The highest BCUT2D eigenvalue weighted by molar-refractivity contribution is 6.32. The molecule has 0 radical (unpaired) electrons. The third-order valence-corrected chi connectivity index (χ3v) is 11.0. The first-order valence-corrected chi connectivity index (χ1v) is 17.2. The highest BCUT2D eigenvalue weighted by atomic mass is 15.2. The minimum Gasteiger partial charge on any atom is -0.278 e. The van der Waals surface area contributed by atoms with E-state index in [-0.39, 0.29) is 5.41 Å². The van der Waals surface area contributed by atoms with Crippen LogP contribution in [0.3, 0.4) is 0 Å². The van der Waals surface area contributed by atoms with E-state index in [1.165, 1.54) is 66.1 Å². The summed E-state index contributed by atoms with van der Waals surface area (Å²) in [6, 6.07) is 52.1. The fourth-order valence-corrected chi connectivity index (χ4v) is 8.74. The summed E-state index contributed by atoms with van der Waals surface area (Å²) in [5, 5.41) is 4.99. The Labute approximate surface area is 289 Å². The molecular weight excluding hydrogens is 609 g/mol. The van der Waals surface area contributed by atoms with Gasteiger partial charge in [0.15, 0.2) is 11.6 Å². The molecule has 0 atom stereocenters. The molecule has 11 rings (SSSR count).